The lowest BCUT2D eigenvalue weighted by Crippen LogP contribution is -2.59. The first kappa shape index (κ1) is 52.1. The van der Waals surface area contributed by atoms with Gasteiger partial charge in [0, 0.05) is 42.5 Å². The van der Waals surface area contributed by atoms with E-state index in [9.17, 15) is 26.4 Å². The number of nitrogens with two attached hydrogens (primary N) is 1. The molecule has 364 valence electrons. The summed E-state index contributed by atoms with van der Waals surface area (Å²) in [6.07, 6.45) is 15.8. The van der Waals surface area contributed by atoms with Crippen LogP contribution in [0.4, 0.5) is 0 Å². The molecule has 0 unspecified atom stereocenters. The third-order valence-electron chi connectivity index (χ3n) is 13.1. The smallest absolute Gasteiger partial charge is 0.233 e. The molecule has 0 fully saturated rings. The molecule has 2 aromatic heterocycles. The summed E-state index contributed by atoms with van der Waals surface area (Å²) in [5, 5.41) is 6.33. The van der Waals surface area contributed by atoms with Crippen molar-refractivity contribution < 1.29 is 45.7 Å². The molecule has 4 aromatic rings. The van der Waals surface area contributed by atoms with Gasteiger partial charge in [-0.2, -0.15) is 0 Å². The summed E-state index contributed by atoms with van der Waals surface area (Å²) in [4.78, 5) is 51.2. The van der Waals surface area contributed by atoms with Crippen molar-refractivity contribution >= 4 is 54.4 Å². The number of sulfone groups is 2. The molecule has 0 amide bonds. The lowest BCUT2D eigenvalue weighted by atomic mass is 9.85. The van der Waals surface area contributed by atoms with Gasteiger partial charge in [0.25, 0.3) is 0 Å². The molecule has 0 saturated carbocycles. The van der Waals surface area contributed by atoms with Crippen molar-refractivity contribution in [2.24, 2.45) is 15.7 Å². The van der Waals surface area contributed by atoms with Gasteiger partial charge in [-0.05, 0) is 83.9 Å². The summed E-state index contributed by atoms with van der Waals surface area (Å²) >= 11 is 5.75. The molecular formula is C49H54ClN7O10S2. The molecule has 0 bridgehead atoms. The number of aromatic nitrogens is 4. The van der Waals surface area contributed by atoms with Crippen LogP contribution in [-0.2, 0) is 43.6 Å². The largest absolute Gasteiger partial charge is 0.493 e. The molecule has 3 N–H and O–H groups in total. The van der Waals surface area contributed by atoms with Crippen LogP contribution in [0, 0.1) is 24.7 Å². The number of Topliss-reactive ketones (excluding diaryl/α,β-unsaturated/α-hetero) is 2. The maximum atomic E-state index is 13.5. The molecule has 6 heterocycles. The van der Waals surface area contributed by atoms with Gasteiger partial charge in [0.15, 0.2) is 37.8 Å². The Bertz CT molecular complexity index is 3020. The molecule has 4 aliphatic rings. The SMILES string of the molecule is C#CCO.C#CCOc1cnc(C(=O)Cc2ccc3c(c2)[C@@]2(C)N=C(N)C(C)(C)S(=O)(=O)[C@@H]2CCO3)cn1.CC1=N[C@]2(C)c3cc(CC(=O)c4cnc(Cl)cn4)ccc3OCC[C@H]2S(=O)(=O)C1(C)C. The average molecular weight is 1000 g/mol. The van der Waals surface area contributed by atoms with Gasteiger partial charge in [0.05, 0.1) is 48.5 Å². The van der Waals surface area contributed by atoms with Gasteiger partial charge in [0.1, 0.15) is 61.1 Å². The van der Waals surface area contributed by atoms with Gasteiger partial charge in [-0.25, -0.2) is 36.8 Å². The van der Waals surface area contributed by atoms with Crippen LogP contribution in [0.5, 0.6) is 17.4 Å². The topological polar surface area (TPSA) is 253 Å². The second-order valence-corrected chi connectivity index (χ2v) is 23.8. The number of carbonyl (C=O) groups excluding carboxylic acids is 2. The van der Waals surface area contributed by atoms with Crippen molar-refractivity contribution in [2.75, 3.05) is 26.4 Å². The van der Waals surface area contributed by atoms with Crippen molar-refractivity contribution in [3.63, 3.8) is 0 Å². The van der Waals surface area contributed by atoms with E-state index < -0.39 is 50.7 Å². The van der Waals surface area contributed by atoms with Crippen molar-refractivity contribution in [3.8, 4) is 42.1 Å². The maximum Gasteiger partial charge on any atom is 0.233 e. The third kappa shape index (κ3) is 9.96. The summed E-state index contributed by atoms with van der Waals surface area (Å²) in [7, 11) is -7.20. The van der Waals surface area contributed by atoms with E-state index in [1.807, 2.05) is 25.0 Å². The minimum Gasteiger partial charge on any atom is -0.493 e. The second-order valence-electron chi connectivity index (χ2n) is 18.0. The van der Waals surface area contributed by atoms with E-state index in [-0.39, 0.29) is 85.5 Å². The lowest BCUT2D eigenvalue weighted by molar-refractivity contribution is 0.0979. The molecule has 0 saturated heterocycles. The number of rotatable bonds is 8. The monoisotopic (exact) mass is 999 g/mol. The predicted octanol–water partition coefficient (Wildman–Crippen LogP) is 5.05. The number of hydrogen-bond donors (Lipinski definition) is 2. The van der Waals surface area contributed by atoms with E-state index in [1.54, 1.807) is 65.8 Å². The number of aliphatic imine (C=N–C) groups is 2. The van der Waals surface area contributed by atoms with E-state index in [1.165, 1.54) is 24.8 Å². The number of amidine groups is 1. The zero-order valence-corrected chi connectivity index (χ0v) is 41.7. The van der Waals surface area contributed by atoms with Crippen molar-refractivity contribution in [1.29, 1.82) is 0 Å². The Morgan fingerprint density at radius 2 is 1.23 bits per heavy atom. The van der Waals surface area contributed by atoms with Crippen LogP contribution in [0.3, 0.4) is 0 Å². The minimum absolute atomic E-state index is 0.0324. The molecule has 2 aromatic carbocycles. The van der Waals surface area contributed by atoms with Crippen LogP contribution < -0.4 is 19.9 Å². The number of fused-ring (bicyclic) bond motifs is 6. The van der Waals surface area contributed by atoms with E-state index >= 15 is 0 Å². The number of ketones is 2. The maximum absolute atomic E-state index is 13.5. The summed E-state index contributed by atoms with van der Waals surface area (Å²) in [5.74, 6) is 5.26. The van der Waals surface area contributed by atoms with E-state index in [0.717, 1.165) is 5.56 Å². The van der Waals surface area contributed by atoms with Crippen LogP contribution in [0.2, 0.25) is 5.15 Å². The quantitative estimate of drug-likeness (QED) is 0.173. The van der Waals surface area contributed by atoms with E-state index in [4.69, 9.17) is 53.1 Å². The van der Waals surface area contributed by atoms with Crippen LogP contribution in [0.1, 0.15) is 105 Å². The number of carbonyl (C=O) groups is 2. The van der Waals surface area contributed by atoms with E-state index in [0.29, 0.717) is 40.3 Å². The molecule has 69 heavy (non-hydrogen) atoms. The highest BCUT2D eigenvalue weighted by atomic mass is 35.5. The summed E-state index contributed by atoms with van der Waals surface area (Å²) < 4.78 is 68.6. The Balaban J connectivity index is 0.000000211. The molecule has 0 aliphatic carbocycles. The first-order valence-electron chi connectivity index (χ1n) is 21.8. The van der Waals surface area contributed by atoms with Crippen LogP contribution in [0.25, 0.3) is 0 Å². The zero-order chi connectivity index (χ0) is 50.7. The molecule has 0 radical (unpaired) electrons. The number of aliphatic hydroxyl groups is 1. The molecule has 4 aliphatic heterocycles. The van der Waals surface area contributed by atoms with Crippen molar-refractivity contribution in [1.82, 2.24) is 19.9 Å². The number of halogens is 1. The van der Waals surface area contributed by atoms with Crippen LogP contribution >= 0.6 is 11.6 Å². The Kier molecular flexibility index (Phi) is 15.1. The Hall–Kier alpha value is -6.25. The highest BCUT2D eigenvalue weighted by Crippen LogP contribution is 2.50. The van der Waals surface area contributed by atoms with Gasteiger partial charge in [-0.15, -0.1) is 12.8 Å². The number of benzene rings is 2. The Labute approximate surface area is 407 Å². The van der Waals surface area contributed by atoms with Gasteiger partial charge in [-0.3, -0.25) is 19.6 Å². The number of ether oxygens (including phenoxy) is 3. The number of hydrogen-bond acceptors (Lipinski definition) is 17. The predicted molar refractivity (Wildman–Crippen MR) is 262 cm³/mol. The van der Waals surface area contributed by atoms with Gasteiger partial charge in [0.2, 0.25) is 5.88 Å². The van der Waals surface area contributed by atoms with Crippen molar-refractivity contribution in [3.05, 3.63) is 100.0 Å². The van der Waals surface area contributed by atoms with Crippen LogP contribution in [-0.4, -0.2) is 111 Å². The molecule has 20 heteroatoms. The standard InChI is InChI=1S/C24H26N4O5S.C22H24ClN3O4S.C3H4O/c1-5-9-33-21-14-26-17(13-27-21)18(29)12-15-6-7-19-16(11-15)24(4)20(8-10-32-19)34(30,31)23(2,3)22(25)28-24;1-13-21(2,3)31(28,29)19-7-8-30-18-6-5-14(9-15(18)22(19,4)26-13)10-17(27)16-11-25-20(23)12-24-16;1-2-3-4/h1,6-7,11,13-14,20H,8-10,12H2,2-4H3,(H2,25,28);5-6,9,11-12,19H,7-8,10H2,1-4H3;1,4H,3H2/t20-,24-;19-,22-;/m11./s1. The molecule has 4 atom stereocenters. The molecule has 8 rings (SSSR count). The first-order chi connectivity index (χ1) is 32.4. The van der Waals surface area contributed by atoms with Gasteiger partial charge in [-0.1, -0.05) is 35.6 Å². The van der Waals surface area contributed by atoms with E-state index in [2.05, 4.69) is 32.3 Å². The molecule has 17 nitrogen and oxygen atoms in total. The Morgan fingerprint density at radius 3 is 1.68 bits per heavy atom. The summed E-state index contributed by atoms with van der Waals surface area (Å²) in [5.41, 5.74) is 7.65. The fourth-order valence-electron chi connectivity index (χ4n) is 8.65. The molecule has 0 spiro atoms. The number of aliphatic hydroxyl groups excluding tert-OH is 1. The lowest BCUT2D eigenvalue weighted by Gasteiger charge is -2.43. The van der Waals surface area contributed by atoms with Crippen molar-refractivity contribution in [2.45, 2.75) is 105 Å². The summed E-state index contributed by atoms with van der Waals surface area (Å²) in [6.45, 7) is 12.4. The summed E-state index contributed by atoms with van der Waals surface area (Å²) in [6, 6.07) is 10.7. The highest BCUT2D eigenvalue weighted by molar-refractivity contribution is 7.94. The fourth-order valence-corrected chi connectivity index (χ4v) is 13.3. The molecular weight excluding hydrogens is 946 g/mol. The fraction of sp³-hybridized carbons (Fsp3) is 0.429. The minimum atomic E-state index is -3.67. The normalized spacial score (nSPS) is 23.9. The van der Waals surface area contributed by atoms with Crippen LogP contribution in [0.15, 0.2) is 71.2 Å². The second kappa shape index (κ2) is 20.0. The first-order valence-corrected chi connectivity index (χ1v) is 25.2. The zero-order valence-electron chi connectivity index (χ0n) is 39.3. The number of nitrogens with zero attached hydrogens (tertiary/aromatic N) is 6. The average Bonchev–Trinajstić information content (AvgIpc) is 3.55. The van der Waals surface area contributed by atoms with Gasteiger partial charge >= 0.3 is 0 Å². The van der Waals surface area contributed by atoms with Gasteiger partial charge < -0.3 is 25.1 Å². The Morgan fingerprint density at radius 1 is 0.754 bits per heavy atom. The third-order valence-corrected chi connectivity index (χ3v) is 19.5. The number of terminal acetylenes is 2. The highest BCUT2D eigenvalue weighted by Gasteiger charge is 2.58.